The zero-order valence-electron chi connectivity index (χ0n) is 19.0. The van der Waals surface area contributed by atoms with Gasteiger partial charge in [0, 0.05) is 31.9 Å². The second kappa shape index (κ2) is 10.7. The third-order valence-corrected chi connectivity index (χ3v) is 6.47. The smallest absolute Gasteiger partial charge is 0.416 e. The summed E-state index contributed by atoms with van der Waals surface area (Å²) in [5, 5.41) is 13.1. The lowest BCUT2D eigenvalue weighted by Gasteiger charge is -2.27. The molecule has 9 heteroatoms. The number of ether oxygens (including phenoxy) is 1. The Morgan fingerprint density at radius 1 is 1.24 bits per heavy atom. The van der Waals surface area contributed by atoms with Crippen LogP contribution in [-0.2, 0) is 28.5 Å². The Hall–Kier alpha value is -2.65. The molecule has 0 unspecified atom stereocenters. The highest BCUT2D eigenvalue weighted by molar-refractivity contribution is 5.76. The molecule has 0 amide bonds. The average Bonchev–Trinajstić information content (AvgIpc) is 3.26. The molecule has 1 saturated heterocycles. The van der Waals surface area contributed by atoms with Gasteiger partial charge in [-0.05, 0) is 61.8 Å². The van der Waals surface area contributed by atoms with Gasteiger partial charge in [-0.25, -0.2) is 4.98 Å². The Labute approximate surface area is 197 Å². The highest BCUT2D eigenvalue weighted by Crippen LogP contribution is 2.37. The number of unbranched alkanes of at least 4 members (excludes halogenated alkanes) is 1. The molecule has 2 aliphatic heterocycles. The Kier molecular flexibility index (Phi) is 7.73. The fraction of sp³-hybridized carbons (Fsp3) is 0.520. The van der Waals surface area contributed by atoms with E-state index in [-0.39, 0.29) is 11.7 Å². The Morgan fingerprint density at radius 2 is 2.06 bits per heavy atom. The van der Waals surface area contributed by atoms with Gasteiger partial charge < -0.3 is 15.2 Å². The van der Waals surface area contributed by atoms with E-state index in [0.29, 0.717) is 26.1 Å². The van der Waals surface area contributed by atoms with Crippen LogP contribution in [0.25, 0.3) is 0 Å². The minimum atomic E-state index is -4.61. The van der Waals surface area contributed by atoms with Gasteiger partial charge in [-0.15, -0.1) is 0 Å². The Balaban J connectivity index is 1.26. The number of anilines is 1. The molecule has 0 bridgehead atoms. The number of likely N-dealkylation sites (tertiary alicyclic amines) is 1. The summed E-state index contributed by atoms with van der Waals surface area (Å²) in [5.74, 6) is -0.296. The van der Waals surface area contributed by atoms with Crippen LogP contribution in [0.5, 0.6) is 0 Å². The number of alkyl halides is 3. The number of fused-ring (bicyclic) bond motifs is 1. The number of hydrogen-bond donors (Lipinski definition) is 2. The predicted molar refractivity (Wildman–Crippen MR) is 122 cm³/mol. The van der Waals surface area contributed by atoms with Crippen molar-refractivity contribution in [2.75, 3.05) is 31.6 Å². The van der Waals surface area contributed by atoms with Gasteiger partial charge in [-0.2, -0.15) is 13.2 Å². The molecule has 6 nitrogen and oxygen atoms in total. The molecule has 184 valence electrons. The standard InChI is InChI=1S/C25H30F3N3O3/c26-25(27,28)21-9-2-1-8-20(21)22(24(32)33)31-14-12-19(16-31)34-15-4-3-7-18-11-10-17-6-5-13-29-23(17)30-18/h1-2,8-11,19,22H,3-7,12-16H2,(H,29,30)(H,32,33)/t19-,22+/m1/s1. The van der Waals surface area contributed by atoms with Crippen LogP contribution in [-0.4, -0.2) is 53.3 Å². The van der Waals surface area contributed by atoms with Crippen LogP contribution in [0.15, 0.2) is 36.4 Å². The lowest BCUT2D eigenvalue weighted by molar-refractivity contribution is -0.145. The van der Waals surface area contributed by atoms with Gasteiger partial charge in [0.15, 0.2) is 0 Å². The lowest BCUT2D eigenvalue weighted by atomic mass is 9.99. The van der Waals surface area contributed by atoms with Crippen molar-refractivity contribution < 1.29 is 27.8 Å². The molecular formula is C25H30F3N3O3. The van der Waals surface area contributed by atoms with Gasteiger partial charge in [-0.1, -0.05) is 24.3 Å². The van der Waals surface area contributed by atoms with E-state index in [4.69, 9.17) is 9.72 Å². The van der Waals surface area contributed by atoms with Crippen molar-refractivity contribution in [1.82, 2.24) is 9.88 Å². The molecule has 34 heavy (non-hydrogen) atoms. The van der Waals surface area contributed by atoms with E-state index < -0.39 is 23.8 Å². The molecule has 2 aromatic rings. The van der Waals surface area contributed by atoms with Crippen LogP contribution in [0.1, 0.15) is 54.1 Å². The zero-order chi connectivity index (χ0) is 24.1. The van der Waals surface area contributed by atoms with E-state index in [1.165, 1.54) is 23.8 Å². The molecular weight excluding hydrogens is 447 g/mol. The molecule has 4 rings (SSSR count). The monoisotopic (exact) mass is 477 g/mol. The van der Waals surface area contributed by atoms with Crippen LogP contribution in [0, 0.1) is 0 Å². The SMILES string of the molecule is O=C(O)[C@H](c1ccccc1C(F)(F)F)N1CC[C@@H](OCCCCc2ccc3c(n2)NCCC3)C1. The maximum atomic E-state index is 13.4. The maximum absolute atomic E-state index is 13.4. The van der Waals surface area contributed by atoms with Crippen molar-refractivity contribution in [3.8, 4) is 0 Å². The molecule has 0 radical (unpaired) electrons. The number of carbonyl (C=O) groups is 1. The number of pyridine rings is 1. The first kappa shape index (κ1) is 24.5. The van der Waals surface area contributed by atoms with Crippen molar-refractivity contribution in [3.05, 3.63) is 58.8 Å². The molecule has 1 aromatic carbocycles. The molecule has 2 aliphatic rings. The Bertz CT molecular complexity index is 999. The number of aliphatic carboxylic acids is 1. The van der Waals surface area contributed by atoms with Crippen molar-refractivity contribution >= 4 is 11.8 Å². The van der Waals surface area contributed by atoms with E-state index in [9.17, 15) is 23.1 Å². The van der Waals surface area contributed by atoms with Crippen molar-refractivity contribution in [2.45, 2.75) is 56.8 Å². The number of nitrogens with zero attached hydrogens (tertiary/aromatic N) is 2. The summed E-state index contributed by atoms with van der Waals surface area (Å²) < 4.78 is 46.2. The van der Waals surface area contributed by atoms with E-state index >= 15 is 0 Å². The van der Waals surface area contributed by atoms with Crippen molar-refractivity contribution in [1.29, 1.82) is 0 Å². The molecule has 1 aromatic heterocycles. The van der Waals surface area contributed by atoms with Crippen LogP contribution >= 0.6 is 0 Å². The molecule has 0 spiro atoms. The summed E-state index contributed by atoms with van der Waals surface area (Å²) in [6.45, 7) is 2.15. The first-order valence-corrected chi connectivity index (χ1v) is 11.8. The summed E-state index contributed by atoms with van der Waals surface area (Å²) in [6.07, 6.45) is 0.591. The minimum Gasteiger partial charge on any atom is -0.480 e. The number of benzene rings is 1. The second-order valence-electron chi connectivity index (χ2n) is 8.90. The molecule has 0 saturated carbocycles. The first-order chi connectivity index (χ1) is 16.3. The number of aromatic nitrogens is 1. The van der Waals surface area contributed by atoms with E-state index in [1.54, 1.807) is 4.90 Å². The fourth-order valence-electron chi connectivity index (χ4n) is 4.77. The number of halogens is 3. The van der Waals surface area contributed by atoms with Gasteiger partial charge in [0.1, 0.15) is 11.9 Å². The summed E-state index contributed by atoms with van der Waals surface area (Å²) in [6, 6.07) is 7.77. The molecule has 1 fully saturated rings. The molecule has 2 N–H and O–H groups in total. The summed E-state index contributed by atoms with van der Waals surface area (Å²) >= 11 is 0. The molecule has 3 heterocycles. The van der Waals surface area contributed by atoms with Gasteiger partial charge in [0.25, 0.3) is 0 Å². The van der Waals surface area contributed by atoms with E-state index in [0.717, 1.165) is 56.2 Å². The zero-order valence-corrected chi connectivity index (χ0v) is 19.0. The molecule has 0 aliphatic carbocycles. The highest BCUT2D eigenvalue weighted by atomic mass is 19.4. The number of carboxylic acids is 1. The van der Waals surface area contributed by atoms with Crippen LogP contribution in [0.4, 0.5) is 19.0 Å². The van der Waals surface area contributed by atoms with E-state index in [1.807, 2.05) is 0 Å². The predicted octanol–water partition coefficient (Wildman–Crippen LogP) is 4.70. The van der Waals surface area contributed by atoms with Crippen LogP contribution < -0.4 is 5.32 Å². The number of nitrogens with one attached hydrogen (secondary N) is 1. The third kappa shape index (κ3) is 5.88. The van der Waals surface area contributed by atoms with Gasteiger partial charge in [0.2, 0.25) is 0 Å². The quantitative estimate of drug-likeness (QED) is 0.510. The topological polar surface area (TPSA) is 74.7 Å². The Morgan fingerprint density at radius 3 is 2.85 bits per heavy atom. The van der Waals surface area contributed by atoms with Crippen LogP contribution in [0.2, 0.25) is 0 Å². The first-order valence-electron chi connectivity index (χ1n) is 11.8. The number of aryl methyl sites for hydroxylation is 2. The van der Waals surface area contributed by atoms with Gasteiger partial charge >= 0.3 is 12.1 Å². The summed E-state index contributed by atoms with van der Waals surface area (Å²) in [5.41, 5.74) is 1.18. The highest BCUT2D eigenvalue weighted by Gasteiger charge is 2.40. The summed E-state index contributed by atoms with van der Waals surface area (Å²) in [7, 11) is 0. The number of hydrogen-bond acceptors (Lipinski definition) is 5. The van der Waals surface area contributed by atoms with E-state index in [2.05, 4.69) is 17.4 Å². The average molecular weight is 478 g/mol. The summed E-state index contributed by atoms with van der Waals surface area (Å²) in [4.78, 5) is 18.2. The lowest BCUT2D eigenvalue weighted by Crippen LogP contribution is -2.34. The third-order valence-electron chi connectivity index (χ3n) is 6.47. The second-order valence-corrected chi connectivity index (χ2v) is 8.90. The van der Waals surface area contributed by atoms with Crippen molar-refractivity contribution in [2.24, 2.45) is 0 Å². The fourth-order valence-corrected chi connectivity index (χ4v) is 4.77. The van der Waals surface area contributed by atoms with Gasteiger partial charge in [-0.3, -0.25) is 9.69 Å². The number of carboxylic acid groups (broad SMARTS) is 1. The number of rotatable bonds is 9. The maximum Gasteiger partial charge on any atom is 0.416 e. The normalized spacial score (nSPS) is 19.4. The minimum absolute atomic E-state index is 0.189. The van der Waals surface area contributed by atoms with Crippen molar-refractivity contribution in [3.63, 3.8) is 0 Å². The van der Waals surface area contributed by atoms with Crippen LogP contribution in [0.3, 0.4) is 0 Å². The largest absolute Gasteiger partial charge is 0.480 e. The van der Waals surface area contributed by atoms with Gasteiger partial charge in [0.05, 0.1) is 11.7 Å². The molecule has 2 atom stereocenters.